The number of hydrogen-bond acceptors (Lipinski definition) is 6. The Bertz CT molecular complexity index is 996. The molecule has 6 nitrogen and oxygen atoms in total. The summed E-state index contributed by atoms with van der Waals surface area (Å²) in [7, 11) is 0. The van der Waals surface area contributed by atoms with Crippen molar-refractivity contribution < 1.29 is 4.52 Å². The van der Waals surface area contributed by atoms with E-state index in [2.05, 4.69) is 44.5 Å². The number of aromatic nitrogens is 4. The molecular formula is C20H17N5O. The molecule has 0 aliphatic rings. The number of hydrogen-bond donors (Lipinski definition) is 1. The SMILES string of the molecule is CCc1ccc(Nc2ncncc2-c2nc(-c3ccccc3)no2)cc1. The van der Waals surface area contributed by atoms with Crippen molar-refractivity contribution in [1.82, 2.24) is 20.1 Å². The van der Waals surface area contributed by atoms with Crippen LogP contribution >= 0.6 is 0 Å². The van der Waals surface area contributed by atoms with Gasteiger partial charge >= 0.3 is 0 Å². The van der Waals surface area contributed by atoms with E-state index in [4.69, 9.17) is 4.52 Å². The molecule has 0 amide bonds. The molecule has 0 unspecified atom stereocenters. The minimum Gasteiger partial charge on any atom is -0.339 e. The molecular weight excluding hydrogens is 326 g/mol. The Morgan fingerprint density at radius 2 is 1.81 bits per heavy atom. The summed E-state index contributed by atoms with van der Waals surface area (Å²) in [6, 6.07) is 17.9. The minimum atomic E-state index is 0.372. The smallest absolute Gasteiger partial charge is 0.263 e. The molecule has 1 N–H and O–H groups in total. The average molecular weight is 343 g/mol. The third-order valence-corrected chi connectivity index (χ3v) is 4.03. The van der Waals surface area contributed by atoms with E-state index in [1.54, 1.807) is 6.20 Å². The van der Waals surface area contributed by atoms with Crippen LogP contribution in [0.4, 0.5) is 11.5 Å². The molecule has 6 heteroatoms. The highest BCUT2D eigenvalue weighted by Crippen LogP contribution is 2.28. The summed E-state index contributed by atoms with van der Waals surface area (Å²) < 4.78 is 5.44. The second-order valence-electron chi connectivity index (χ2n) is 5.75. The maximum absolute atomic E-state index is 5.44. The lowest BCUT2D eigenvalue weighted by molar-refractivity contribution is 0.432. The summed E-state index contributed by atoms with van der Waals surface area (Å²) in [5, 5.41) is 7.36. The summed E-state index contributed by atoms with van der Waals surface area (Å²) in [5.41, 5.74) is 3.76. The van der Waals surface area contributed by atoms with Crippen molar-refractivity contribution >= 4 is 11.5 Å². The minimum absolute atomic E-state index is 0.372. The number of benzene rings is 2. The topological polar surface area (TPSA) is 76.7 Å². The van der Waals surface area contributed by atoms with Crippen LogP contribution in [0.15, 0.2) is 71.6 Å². The van der Waals surface area contributed by atoms with Crippen molar-refractivity contribution in [3.05, 3.63) is 72.7 Å². The highest BCUT2D eigenvalue weighted by atomic mass is 16.5. The first-order chi connectivity index (χ1) is 12.8. The van der Waals surface area contributed by atoms with Crippen LogP contribution in [-0.4, -0.2) is 20.1 Å². The van der Waals surface area contributed by atoms with Gasteiger partial charge in [0.25, 0.3) is 5.89 Å². The Balaban J connectivity index is 1.64. The zero-order valence-electron chi connectivity index (χ0n) is 14.3. The largest absolute Gasteiger partial charge is 0.339 e. The molecule has 0 spiro atoms. The summed E-state index contributed by atoms with van der Waals surface area (Å²) >= 11 is 0. The molecule has 2 aromatic carbocycles. The summed E-state index contributed by atoms with van der Waals surface area (Å²) in [5.74, 6) is 1.52. The number of anilines is 2. The van der Waals surface area contributed by atoms with Crippen LogP contribution < -0.4 is 5.32 Å². The summed E-state index contributed by atoms with van der Waals surface area (Å²) in [4.78, 5) is 12.9. The molecule has 0 radical (unpaired) electrons. The van der Waals surface area contributed by atoms with Crippen molar-refractivity contribution in [3.8, 4) is 22.8 Å². The van der Waals surface area contributed by atoms with E-state index in [1.807, 2.05) is 42.5 Å². The molecule has 0 saturated heterocycles. The predicted octanol–water partition coefficient (Wildman–Crippen LogP) is 4.50. The summed E-state index contributed by atoms with van der Waals surface area (Å²) in [6.07, 6.45) is 4.15. The van der Waals surface area contributed by atoms with Gasteiger partial charge in [0.1, 0.15) is 17.7 Å². The Morgan fingerprint density at radius 1 is 1.00 bits per heavy atom. The van der Waals surface area contributed by atoms with Crippen LogP contribution in [-0.2, 0) is 6.42 Å². The highest BCUT2D eigenvalue weighted by Gasteiger charge is 2.15. The second kappa shape index (κ2) is 7.14. The van der Waals surface area contributed by atoms with Crippen molar-refractivity contribution in [1.29, 1.82) is 0 Å². The Hall–Kier alpha value is -3.54. The molecule has 4 rings (SSSR count). The lowest BCUT2D eigenvalue weighted by atomic mass is 10.1. The third kappa shape index (κ3) is 3.30. The van der Waals surface area contributed by atoms with Gasteiger partial charge in [-0.15, -0.1) is 0 Å². The standard InChI is InChI=1S/C20H17N5O/c1-2-14-8-10-16(11-9-14)23-19-17(12-21-13-22-19)20-24-18(25-26-20)15-6-4-3-5-7-15/h3-13H,2H2,1H3,(H,21,22,23). The van der Waals surface area contributed by atoms with E-state index >= 15 is 0 Å². The molecule has 4 aromatic rings. The molecule has 2 heterocycles. The van der Waals surface area contributed by atoms with Crippen LogP contribution in [0, 0.1) is 0 Å². The molecule has 0 aliphatic carbocycles. The highest BCUT2D eigenvalue weighted by molar-refractivity contribution is 5.73. The monoisotopic (exact) mass is 343 g/mol. The van der Waals surface area contributed by atoms with Gasteiger partial charge in [-0.3, -0.25) is 0 Å². The van der Waals surface area contributed by atoms with Crippen molar-refractivity contribution in [2.24, 2.45) is 0 Å². The molecule has 0 atom stereocenters. The fourth-order valence-corrected chi connectivity index (χ4v) is 2.58. The van der Waals surface area contributed by atoms with Crippen LogP contribution in [0.25, 0.3) is 22.8 Å². The molecule has 128 valence electrons. The van der Waals surface area contributed by atoms with E-state index < -0.39 is 0 Å². The molecule has 0 saturated carbocycles. The van der Waals surface area contributed by atoms with Crippen molar-refractivity contribution in [2.45, 2.75) is 13.3 Å². The number of rotatable bonds is 5. The van der Waals surface area contributed by atoms with Crippen LogP contribution in [0.2, 0.25) is 0 Å². The van der Waals surface area contributed by atoms with Gasteiger partial charge in [-0.1, -0.05) is 54.5 Å². The first kappa shape index (κ1) is 16.0. The van der Waals surface area contributed by atoms with Gasteiger partial charge in [0.15, 0.2) is 0 Å². The fraction of sp³-hybridized carbons (Fsp3) is 0.100. The average Bonchev–Trinajstić information content (AvgIpc) is 3.20. The Morgan fingerprint density at radius 3 is 2.58 bits per heavy atom. The van der Waals surface area contributed by atoms with Gasteiger partial charge in [0.2, 0.25) is 5.82 Å². The maximum atomic E-state index is 5.44. The number of nitrogens with zero attached hydrogens (tertiary/aromatic N) is 4. The van der Waals surface area contributed by atoms with Gasteiger partial charge < -0.3 is 9.84 Å². The molecule has 0 aliphatic heterocycles. The van der Waals surface area contributed by atoms with E-state index in [0.717, 1.165) is 17.7 Å². The molecule has 26 heavy (non-hydrogen) atoms. The zero-order chi connectivity index (χ0) is 17.8. The predicted molar refractivity (Wildman–Crippen MR) is 99.9 cm³/mol. The van der Waals surface area contributed by atoms with Crippen molar-refractivity contribution in [2.75, 3.05) is 5.32 Å². The fourth-order valence-electron chi connectivity index (χ4n) is 2.58. The van der Waals surface area contributed by atoms with Gasteiger partial charge in [-0.2, -0.15) is 4.98 Å². The lowest BCUT2D eigenvalue weighted by Gasteiger charge is -2.08. The number of nitrogens with one attached hydrogen (secondary N) is 1. The van der Waals surface area contributed by atoms with E-state index in [9.17, 15) is 0 Å². The van der Waals surface area contributed by atoms with Gasteiger partial charge in [0.05, 0.1) is 0 Å². The Kier molecular flexibility index (Phi) is 4.38. The van der Waals surface area contributed by atoms with E-state index in [-0.39, 0.29) is 0 Å². The van der Waals surface area contributed by atoms with Crippen LogP contribution in [0.1, 0.15) is 12.5 Å². The number of aryl methyl sites for hydroxylation is 1. The van der Waals surface area contributed by atoms with Gasteiger partial charge in [0, 0.05) is 17.4 Å². The Labute approximate surface area is 151 Å². The van der Waals surface area contributed by atoms with Crippen molar-refractivity contribution in [3.63, 3.8) is 0 Å². The summed E-state index contributed by atoms with van der Waals surface area (Å²) in [6.45, 7) is 2.13. The molecule has 0 bridgehead atoms. The first-order valence-corrected chi connectivity index (χ1v) is 8.39. The van der Waals surface area contributed by atoms with E-state index in [1.165, 1.54) is 11.9 Å². The normalized spacial score (nSPS) is 10.7. The molecule has 2 aromatic heterocycles. The maximum Gasteiger partial charge on any atom is 0.263 e. The van der Waals surface area contributed by atoms with Crippen LogP contribution in [0.3, 0.4) is 0 Å². The molecule has 0 fully saturated rings. The lowest BCUT2D eigenvalue weighted by Crippen LogP contribution is -1.97. The first-order valence-electron chi connectivity index (χ1n) is 8.39. The van der Waals surface area contributed by atoms with E-state index in [0.29, 0.717) is 23.1 Å². The quantitative estimate of drug-likeness (QED) is 0.575. The second-order valence-corrected chi connectivity index (χ2v) is 5.75. The van der Waals surface area contributed by atoms with Gasteiger partial charge in [-0.05, 0) is 24.1 Å². The zero-order valence-corrected chi connectivity index (χ0v) is 14.3. The van der Waals surface area contributed by atoms with Crippen LogP contribution in [0.5, 0.6) is 0 Å². The third-order valence-electron chi connectivity index (χ3n) is 4.03. The van der Waals surface area contributed by atoms with Gasteiger partial charge in [-0.25, -0.2) is 9.97 Å².